The van der Waals surface area contributed by atoms with Gasteiger partial charge in [-0.1, -0.05) is 0 Å². The van der Waals surface area contributed by atoms with Crippen molar-refractivity contribution in [3.63, 3.8) is 0 Å². The zero-order valence-corrected chi connectivity index (χ0v) is 11.0. The molecule has 18 heavy (non-hydrogen) atoms. The molecule has 100 valence electrons. The summed E-state index contributed by atoms with van der Waals surface area (Å²) >= 11 is 0. The van der Waals surface area contributed by atoms with E-state index in [9.17, 15) is 0 Å². The van der Waals surface area contributed by atoms with Gasteiger partial charge in [-0.3, -0.25) is 0 Å². The Hall–Kier alpha value is -1.20. The van der Waals surface area contributed by atoms with Crippen LogP contribution in [0.5, 0.6) is 0 Å². The molecule has 1 N–H and O–H groups in total. The third-order valence-electron chi connectivity index (χ3n) is 3.30. The third-order valence-corrected chi connectivity index (χ3v) is 3.30. The lowest BCUT2D eigenvalue weighted by molar-refractivity contribution is 0.198. The van der Waals surface area contributed by atoms with Crippen LogP contribution in [0.3, 0.4) is 0 Å². The monoisotopic (exact) mass is 250 g/mol. The van der Waals surface area contributed by atoms with Gasteiger partial charge in [0.05, 0.1) is 6.61 Å². The summed E-state index contributed by atoms with van der Waals surface area (Å²) in [7, 11) is 1.73. The van der Waals surface area contributed by atoms with Crippen molar-refractivity contribution in [2.45, 2.75) is 25.3 Å². The number of nitrogens with zero attached hydrogens (tertiary/aromatic N) is 3. The molecule has 2 heterocycles. The van der Waals surface area contributed by atoms with Gasteiger partial charge in [0.1, 0.15) is 0 Å². The molecule has 1 aliphatic rings. The van der Waals surface area contributed by atoms with Crippen LogP contribution in [0.25, 0.3) is 0 Å². The van der Waals surface area contributed by atoms with Crippen LogP contribution in [0.15, 0.2) is 18.5 Å². The molecule has 0 amide bonds. The number of anilines is 1. The van der Waals surface area contributed by atoms with Gasteiger partial charge in [-0.25, -0.2) is 9.97 Å². The van der Waals surface area contributed by atoms with Gasteiger partial charge in [0.25, 0.3) is 0 Å². The van der Waals surface area contributed by atoms with Gasteiger partial charge < -0.3 is 15.0 Å². The zero-order chi connectivity index (χ0) is 12.6. The molecule has 0 aromatic carbocycles. The molecule has 0 aliphatic carbocycles. The van der Waals surface area contributed by atoms with Crippen molar-refractivity contribution >= 4 is 5.95 Å². The lowest BCUT2D eigenvalue weighted by Gasteiger charge is -2.35. The second-order valence-corrected chi connectivity index (χ2v) is 4.59. The number of ether oxygens (including phenoxy) is 1. The topological polar surface area (TPSA) is 50.3 Å². The van der Waals surface area contributed by atoms with Gasteiger partial charge in [0, 0.05) is 45.2 Å². The molecule has 1 aromatic rings. The van der Waals surface area contributed by atoms with Crippen molar-refractivity contribution < 1.29 is 4.74 Å². The normalized spacial score (nSPS) is 20.1. The summed E-state index contributed by atoms with van der Waals surface area (Å²) in [5, 5.41) is 3.43. The molecule has 1 unspecified atom stereocenters. The van der Waals surface area contributed by atoms with E-state index in [0.717, 1.165) is 32.2 Å². The van der Waals surface area contributed by atoms with Crippen LogP contribution >= 0.6 is 0 Å². The second kappa shape index (κ2) is 7.28. The Balaban J connectivity index is 1.90. The highest BCUT2D eigenvalue weighted by molar-refractivity contribution is 5.31. The fourth-order valence-corrected chi connectivity index (χ4v) is 2.36. The fraction of sp³-hybridized carbons (Fsp3) is 0.692. The summed E-state index contributed by atoms with van der Waals surface area (Å²) < 4.78 is 5.04. The van der Waals surface area contributed by atoms with E-state index in [-0.39, 0.29) is 0 Å². The van der Waals surface area contributed by atoms with E-state index >= 15 is 0 Å². The average molecular weight is 250 g/mol. The van der Waals surface area contributed by atoms with Gasteiger partial charge in [-0.05, 0) is 25.3 Å². The highest BCUT2D eigenvalue weighted by Crippen LogP contribution is 2.20. The Morgan fingerprint density at radius 1 is 1.39 bits per heavy atom. The molecule has 1 atom stereocenters. The van der Waals surface area contributed by atoms with E-state index in [1.54, 1.807) is 7.11 Å². The molecule has 0 saturated carbocycles. The summed E-state index contributed by atoms with van der Waals surface area (Å²) in [6.45, 7) is 3.69. The predicted octanol–water partition coefficient (Wildman–Crippen LogP) is 1.07. The standard InChI is InChI=1S/C13H22N4O/c1-18-10-8-14-11-12-5-2-3-9-17(12)13-15-6-4-7-16-13/h4,6-7,12,14H,2-3,5,8-11H2,1H3. The van der Waals surface area contributed by atoms with E-state index in [1.807, 2.05) is 18.5 Å². The van der Waals surface area contributed by atoms with Crippen LogP contribution in [0.2, 0.25) is 0 Å². The van der Waals surface area contributed by atoms with Crippen LogP contribution in [0.4, 0.5) is 5.95 Å². The molecule has 2 rings (SSSR count). The number of hydrogen-bond donors (Lipinski definition) is 1. The maximum Gasteiger partial charge on any atom is 0.225 e. The number of rotatable bonds is 6. The van der Waals surface area contributed by atoms with Crippen molar-refractivity contribution in [3.05, 3.63) is 18.5 Å². The molecule has 1 fully saturated rings. The van der Waals surface area contributed by atoms with Crippen molar-refractivity contribution in [1.82, 2.24) is 15.3 Å². The maximum absolute atomic E-state index is 5.04. The molecule has 0 spiro atoms. The van der Waals surface area contributed by atoms with Crippen LogP contribution in [-0.2, 0) is 4.74 Å². The highest BCUT2D eigenvalue weighted by Gasteiger charge is 2.23. The first-order chi connectivity index (χ1) is 8.92. The maximum atomic E-state index is 5.04. The fourth-order valence-electron chi connectivity index (χ4n) is 2.36. The van der Waals surface area contributed by atoms with Crippen LogP contribution in [0, 0.1) is 0 Å². The van der Waals surface area contributed by atoms with E-state index in [1.165, 1.54) is 19.3 Å². The summed E-state index contributed by atoms with van der Waals surface area (Å²) in [6, 6.07) is 2.36. The van der Waals surface area contributed by atoms with Crippen molar-refractivity contribution in [2.75, 3.05) is 38.3 Å². The molecule has 5 heteroatoms. The van der Waals surface area contributed by atoms with Crippen LogP contribution < -0.4 is 10.2 Å². The Bertz CT molecular complexity index is 333. The summed E-state index contributed by atoms with van der Waals surface area (Å²) in [5.41, 5.74) is 0. The number of piperidine rings is 1. The quantitative estimate of drug-likeness (QED) is 0.765. The predicted molar refractivity (Wildman–Crippen MR) is 71.8 cm³/mol. The van der Waals surface area contributed by atoms with E-state index in [2.05, 4.69) is 20.2 Å². The molecular weight excluding hydrogens is 228 g/mol. The summed E-state index contributed by atoms with van der Waals surface area (Å²) in [6.07, 6.45) is 7.35. The first-order valence-electron chi connectivity index (χ1n) is 6.65. The molecular formula is C13H22N4O. The summed E-state index contributed by atoms with van der Waals surface area (Å²) in [5.74, 6) is 0.857. The van der Waals surface area contributed by atoms with E-state index in [0.29, 0.717) is 6.04 Å². The minimum absolute atomic E-state index is 0.498. The SMILES string of the molecule is COCCNCC1CCCCN1c1ncccn1. The van der Waals surface area contributed by atoms with Gasteiger partial charge in [0.15, 0.2) is 0 Å². The lowest BCUT2D eigenvalue weighted by Crippen LogP contribution is -2.46. The average Bonchev–Trinajstić information content (AvgIpc) is 2.45. The first-order valence-corrected chi connectivity index (χ1v) is 6.65. The highest BCUT2D eigenvalue weighted by atomic mass is 16.5. The lowest BCUT2D eigenvalue weighted by atomic mass is 10.0. The largest absolute Gasteiger partial charge is 0.383 e. The smallest absolute Gasteiger partial charge is 0.225 e. The second-order valence-electron chi connectivity index (χ2n) is 4.59. The van der Waals surface area contributed by atoms with Crippen LogP contribution in [-0.4, -0.2) is 49.4 Å². The Kier molecular flexibility index (Phi) is 5.36. The molecule has 5 nitrogen and oxygen atoms in total. The van der Waals surface area contributed by atoms with Gasteiger partial charge in [-0.2, -0.15) is 0 Å². The third kappa shape index (κ3) is 3.65. The zero-order valence-electron chi connectivity index (χ0n) is 11.0. The minimum atomic E-state index is 0.498. The number of nitrogens with one attached hydrogen (secondary N) is 1. The van der Waals surface area contributed by atoms with E-state index in [4.69, 9.17) is 4.74 Å². The molecule has 0 bridgehead atoms. The van der Waals surface area contributed by atoms with Gasteiger partial charge in [0.2, 0.25) is 5.95 Å². The molecule has 1 aromatic heterocycles. The Morgan fingerprint density at radius 2 is 2.22 bits per heavy atom. The number of hydrogen-bond acceptors (Lipinski definition) is 5. The van der Waals surface area contributed by atoms with Crippen molar-refractivity contribution in [2.24, 2.45) is 0 Å². The Morgan fingerprint density at radius 3 is 3.00 bits per heavy atom. The van der Waals surface area contributed by atoms with Crippen LogP contribution in [0.1, 0.15) is 19.3 Å². The molecule has 0 radical (unpaired) electrons. The van der Waals surface area contributed by atoms with Gasteiger partial charge in [-0.15, -0.1) is 0 Å². The van der Waals surface area contributed by atoms with Gasteiger partial charge >= 0.3 is 0 Å². The molecule has 1 saturated heterocycles. The summed E-state index contributed by atoms with van der Waals surface area (Å²) in [4.78, 5) is 11.0. The van der Waals surface area contributed by atoms with Crippen molar-refractivity contribution in [3.8, 4) is 0 Å². The Labute approximate surface area is 109 Å². The van der Waals surface area contributed by atoms with E-state index < -0.39 is 0 Å². The van der Waals surface area contributed by atoms with Crippen molar-refractivity contribution in [1.29, 1.82) is 0 Å². The first kappa shape index (κ1) is 13.2. The number of aromatic nitrogens is 2. The number of methoxy groups -OCH3 is 1. The molecule has 1 aliphatic heterocycles. The minimum Gasteiger partial charge on any atom is -0.383 e.